The van der Waals surface area contributed by atoms with Gasteiger partial charge in [0.2, 0.25) is 5.91 Å². The second kappa shape index (κ2) is 9.09. The second-order valence-corrected chi connectivity index (χ2v) is 7.57. The van der Waals surface area contributed by atoms with Crippen molar-refractivity contribution in [3.63, 3.8) is 0 Å². The zero-order valence-electron chi connectivity index (χ0n) is 18.1. The van der Waals surface area contributed by atoms with Crippen molar-refractivity contribution >= 4 is 17.2 Å². The number of nitrogens with zero attached hydrogens (tertiary/aromatic N) is 2. The normalized spacial score (nSPS) is 11.9. The highest BCUT2D eigenvalue weighted by Crippen LogP contribution is 2.34. The molecule has 0 aliphatic heterocycles. The molecule has 2 aromatic heterocycles. The summed E-state index contributed by atoms with van der Waals surface area (Å²) in [5, 5.41) is 2.85. The molecule has 0 radical (unpaired) electrons. The van der Waals surface area contributed by atoms with Crippen LogP contribution >= 0.6 is 0 Å². The minimum absolute atomic E-state index is 0.148. The van der Waals surface area contributed by atoms with Crippen molar-refractivity contribution in [2.75, 3.05) is 19.5 Å². The van der Waals surface area contributed by atoms with E-state index in [9.17, 15) is 9.18 Å². The van der Waals surface area contributed by atoms with Crippen molar-refractivity contribution in [2.24, 2.45) is 0 Å². The van der Waals surface area contributed by atoms with E-state index in [1.54, 1.807) is 26.5 Å². The topological polar surface area (TPSA) is 64.9 Å². The van der Waals surface area contributed by atoms with Crippen molar-refractivity contribution in [2.45, 2.75) is 19.3 Å². The van der Waals surface area contributed by atoms with Crippen LogP contribution in [0.3, 0.4) is 0 Å². The van der Waals surface area contributed by atoms with E-state index in [-0.39, 0.29) is 24.1 Å². The van der Waals surface area contributed by atoms with Crippen LogP contribution < -0.4 is 14.8 Å². The Morgan fingerprint density at radius 1 is 1.06 bits per heavy atom. The molecule has 0 saturated carbocycles. The van der Waals surface area contributed by atoms with Gasteiger partial charge in [-0.15, -0.1) is 0 Å². The van der Waals surface area contributed by atoms with Crippen molar-refractivity contribution in [3.8, 4) is 11.5 Å². The highest BCUT2D eigenvalue weighted by atomic mass is 19.1. The Morgan fingerprint density at radius 2 is 1.75 bits per heavy atom. The molecule has 0 aliphatic carbocycles. The number of carbonyl (C=O) groups is 1. The van der Waals surface area contributed by atoms with Crippen LogP contribution in [0.2, 0.25) is 0 Å². The summed E-state index contributed by atoms with van der Waals surface area (Å²) >= 11 is 0. The van der Waals surface area contributed by atoms with E-state index < -0.39 is 0 Å². The van der Waals surface area contributed by atoms with Crippen LogP contribution in [0.5, 0.6) is 11.5 Å². The summed E-state index contributed by atoms with van der Waals surface area (Å²) in [6.45, 7) is 2.01. The largest absolute Gasteiger partial charge is 0.497 e. The highest BCUT2D eigenvalue weighted by Gasteiger charge is 2.23. The summed E-state index contributed by atoms with van der Waals surface area (Å²) < 4.78 is 26.1. The number of anilines is 1. The molecule has 2 aromatic carbocycles. The zero-order valence-corrected chi connectivity index (χ0v) is 18.1. The van der Waals surface area contributed by atoms with Crippen molar-refractivity contribution < 1.29 is 18.7 Å². The van der Waals surface area contributed by atoms with Crippen LogP contribution in [-0.4, -0.2) is 29.5 Å². The van der Waals surface area contributed by atoms with E-state index in [2.05, 4.69) is 10.3 Å². The van der Waals surface area contributed by atoms with Gasteiger partial charge in [-0.3, -0.25) is 4.79 Å². The number of pyridine rings is 1. The molecule has 4 aromatic rings. The summed E-state index contributed by atoms with van der Waals surface area (Å²) in [6, 6.07) is 15.3. The fourth-order valence-corrected chi connectivity index (χ4v) is 3.71. The van der Waals surface area contributed by atoms with E-state index in [1.165, 1.54) is 24.3 Å². The Kier molecular flexibility index (Phi) is 6.07. The number of aryl methyl sites for hydroxylation is 1. The number of rotatable bonds is 7. The number of amides is 1. The fourth-order valence-electron chi connectivity index (χ4n) is 3.71. The number of hydrogen-bond acceptors (Lipinski definition) is 4. The molecular formula is C25H24FN3O3. The van der Waals surface area contributed by atoms with Crippen molar-refractivity contribution in [3.05, 3.63) is 89.6 Å². The molecule has 164 valence electrons. The van der Waals surface area contributed by atoms with Gasteiger partial charge in [0.15, 0.2) is 0 Å². The summed E-state index contributed by atoms with van der Waals surface area (Å²) in [7, 11) is 3.18. The number of imidazole rings is 1. The molecule has 0 aliphatic rings. The molecule has 1 unspecified atom stereocenters. The van der Waals surface area contributed by atoms with E-state index in [1.807, 2.05) is 41.8 Å². The number of hydrogen-bond donors (Lipinski definition) is 1. The average molecular weight is 433 g/mol. The molecule has 1 N–H and O–H groups in total. The maximum Gasteiger partial charge on any atom is 0.225 e. The van der Waals surface area contributed by atoms with Crippen molar-refractivity contribution in [1.29, 1.82) is 0 Å². The first-order valence-electron chi connectivity index (χ1n) is 10.2. The predicted molar refractivity (Wildman–Crippen MR) is 121 cm³/mol. The number of aromatic nitrogens is 2. The molecule has 0 bridgehead atoms. The lowest BCUT2D eigenvalue weighted by Crippen LogP contribution is -2.17. The van der Waals surface area contributed by atoms with E-state index in [0.29, 0.717) is 17.2 Å². The summed E-state index contributed by atoms with van der Waals surface area (Å²) in [6.07, 6.45) is 3.89. The summed E-state index contributed by atoms with van der Waals surface area (Å²) in [5.74, 6) is 0.383. The number of ether oxygens (including phenoxy) is 2. The van der Waals surface area contributed by atoms with Gasteiger partial charge in [-0.25, -0.2) is 9.37 Å². The maximum atomic E-state index is 13.2. The maximum absolute atomic E-state index is 13.2. The van der Waals surface area contributed by atoms with Crippen LogP contribution in [-0.2, 0) is 4.79 Å². The monoisotopic (exact) mass is 433 g/mol. The molecular weight excluding hydrogens is 409 g/mol. The highest BCUT2D eigenvalue weighted by molar-refractivity contribution is 5.91. The minimum Gasteiger partial charge on any atom is -0.497 e. The smallest absolute Gasteiger partial charge is 0.225 e. The van der Waals surface area contributed by atoms with Gasteiger partial charge in [0.05, 0.1) is 19.9 Å². The van der Waals surface area contributed by atoms with Crippen LogP contribution in [0.25, 0.3) is 5.65 Å². The van der Waals surface area contributed by atoms with Gasteiger partial charge in [0.25, 0.3) is 0 Å². The van der Waals surface area contributed by atoms with Gasteiger partial charge in [-0.1, -0.05) is 0 Å². The number of nitrogens with one attached hydrogen (secondary N) is 1. The van der Waals surface area contributed by atoms with E-state index in [0.717, 1.165) is 22.5 Å². The van der Waals surface area contributed by atoms with E-state index >= 15 is 0 Å². The molecule has 1 amide bonds. The van der Waals surface area contributed by atoms with Crippen molar-refractivity contribution in [1.82, 2.24) is 9.38 Å². The Morgan fingerprint density at radius 3 is 2.41 bits per heavy atom. The van der Waals surface area contributed by atoms with Crippen LogP contribution in [0.1, 0.15) is 29.2 Å². The molecule has 6 nitrogen and oxygen atoms in total. The fraction of sp³-hybridized carbons (Fsp3) is 0.200. The Hall–Kier alpha value is -3.87. The third kappa shape index (κ3) is 4.56. The van der Waals surface area contributed by atoms with Crippen LogP contribution in [0.4, 0.5) is 10.1 Å². The second-order valence-electron chi connectivity index (χ2n) is 7.57. The van der Waals surface area contributed by atoms with Gasteiger partial charge in [0.1, 0.15) is 23.0 Å². The average Bonchev–Trinajstić information content (AvgIpc) is 3.21. The lowest BCUT2D eigenvalue weighted by Gasteiger charge is -2.19. The first-order chi connectivity index (χ1) is 15.5. The number of carbonyl (C=O) groups excluding carboxylic acids is 1. The third-order valence-electron chi connectivity index (χ3n) is 5.35. The lowest BCUT2D eigenvalue weighted by atomic mass is 9.91. The minimum atomic E-state index is -0.356. The first-order valence-corrected chi connectivity index (χ1v) is 10.2. The summed E-state index contributed by atoms with van der Waals surface area (Å²) in [4.78, 5) is 17.5. The first kappa shape index (κ1) is 21.4. The van der Waals surface area contributed by atoms with Gasteiger partial charge in [0, 0.05) is 36.5 Å². The van der Waals surface area contributed by atoms with Crippen LogP contribution in [0, 0.1) is 12.7 Å². The Balaban J connectivity index is 1.74. The van der Waals surface area contributed by atoms with Gasteiger partial charge in [-0.2, -0.15) is 0 Å². The standard InChI is InChI=1S/C25H24FN3O3/c1-16-8-9-29-23(15-27-24(29)10-16)22(17-11-20(31-2)13-21(12-17)32-3)14-25(30)28-19-6-4-18(26)5-7-19/h4-13,15,22H,14H2,1-3H3,(H,28,30). The lowest BCUT2D eigenvalue weighted by molar-refractivity contribution is -0.116. The van der Waals surface area contributed by atoms with Gasteiger partial charge < -0.3 is 19.2 Å². The number of methoxy groups -OCH3 is 2. The zero-order chi connectivity index (χ0) is 22.7. The molecule has 0 fully saturated rings. The number of benzene rings is 2. The Bertz CT molecular complexity index is 1230. The third-order valence-corrected chi connectivity index (χ3v) is 5.35. The van der Waals surface area contributed by atoms with Crippen LogP contribution in [0.15, 0.2) is 67.0 Å². The number of halogens is 1. The SMILES string of the molecule is COc1cc(OC)cc(C(CC(=O)Nc2ccc(F)cc2)c2cnc3cc(C)ccn23)c1. The van der Waals surface area contributed by atoms with Gasteiger partial charge in [-0.05, 0) is 66.6 Å². The molecule has 0 saturated heterocycles. The quantitative estimate of drug-likeness (QED) is 0.447. The Labute approximate surface area is 185 Å². The molecule has 1 atom stereocenters. The molecule has 32 heavy (non-hydrogen) atoms. The van der Waals surface area contributed by atoms with E-state index in [4.69, 9.17) is 9.47 Å². The molecule has 7 heteroatoms. The summed E-state index contributed by atoms with van der Waals surface area (Å²) in [5.41, 5.74) is 4.16. The molecule has 2 heterocycles. The predicted octanol–water partition coefficient (Wildman–Crippen LogP) is 4.96. The molecule has 4 rings (SSSR count). The molecule has 0 spiro atoms. The number of fused-ring (bicyclic) bond motifs is 1. The van der Waals surface area contributed by atoms with Gasteiger partial charge >= 0.3 is 0 Å².